The summed E-state index contributed by atoms with van der Waals surface area (Å²) in [5, 5.41) is 3.88. The Morgan fingerprint density at radius 3 is 1.20 bits per heavy atom. The van der Waals surface area contributed by atoms with Gasteiger partial charge < -0.3 is 57.0 Å². The molecular formula is C60H78O12Si2. The average molecular weight is 1050 g/mol. The van der Waals surface area contributed by atoms with Crippen LogP contribution in [0.15, 0.2) is 109 Å². The van der Waals surface area contributed by atoms with Gasteiger partial charge in [-0.05, 0) is 146 Å². The fraction of sp³-hybridized carbons (Fsp3) is 0.467. The summed E-state index contributed by atoms with van der Waals surface area (Å²) in [4.78, 5) is 21.3. The maximum atomic E-state index is 10.6. The van der Waals surface area contributed by atoms with E-state index in [4.69, 9.17) is 47.4 Å². The first-order valence-corrected chi connectivity index (χ1v) is 33.1. The molecule has 4 bridgehead atoms. The molecule has 0 unspecified atom stereocenters. The topological polar surface area (TPSA) is 133 Å². The third kappa shape index (κ3) is 16.3. The Kier molecular flexibility index (Phi) is 20.8. The third-order valence-corrected chi connectivity index (χ3v) is 16.5. The highest BCUT2D eigenvalue weighted by molar-refractivity contribution is 6.70. The number of ether oxygens (including phenoxy) is 10. The van der Waals surface area contributed by atoms with Crippen molar-refractivity contribution in [3.63, 3.8) is 0 Å². The van der Waals surface area contributed by atoms with Gasteiger partial charge in [0.05, 0.1) is 78.3 Å². The lowest BCUT2D eigenvalue weighted by atomic mass is 9.86. The van der Waals surface area contributed by atoms with Crippen LogP contribution in [0, 0.1) is 0 Å². The summed E-state index contributed by atoms with van der Waals surface area (Å²) in [6, 6.07) is 39.4. The molecule has 0 aromatic heterocycles. The molecule has 2 heterocycles. The van der Waals surface area contributed by atoms with Gasteiger partial charge >= 0.3 is 0 Å². The van der Waals surface area contributed by atoms with Gasteiger partial charge in [0.15, 0.2) is 16.6 Å². The number of hydrogen-bond donors (Lipinski definition) is 2. The minimum Gasteiger partial charge on any atom is -0.494 e. The van der Waals surface area contributed by atoms with E-state index in [0.717, 1.165) is 117 Å². The van der Waals surface area contributed by atoms with E-state index >= 15 is 0 Å². The summed E-state index contributed by atoms with van der Waals surface area (Å²) in [6.07, 6.45) is 4.10. The van der Waals surface area contributed by atoms with E-state index in [2.05, 4.69) is 97.1 Å². The third-order valence-electron chi connectivity index (χ3n) is 13.4. The largest absolute Gasteiger partial charge is 0.494 e. The molecule has 0 saturated heterocycles. The van der Waals surface area contributed by atoms with E-state index < -0.39 is 16.6 Å². The molecule has 0 saturated carbocycles. The van der Waals surface area contributed by atoms with Crippen LogP contribution in [0.3, 0.4) is 0 Å². The lowest BCUT2D eigenvalue weighted by Gasteiger charge is -2.29. The van der Waals surface area contributed by atoms with Gasteiger partial charge in [-0.15, -0.1) is 0 Å². The van der Waals surface area contributed by atoms with Crippen LogP contribution in [0.25, 0.3) is 54.9 Å². The Hall–Kier alpha value is -4.85. The molecule has 0 aliphatic carbocycles. The number of fused-ring (bicyclic) bond motifs is 2. The molecule has 398 valence electrons. The van der Waals surface area contributed by atoms with E-state index in [-0.39, 0.29) is 25.4 Å². The predicted octanol–water partition coefficient (Wildman–Crippen LogP) is 12.1. The summed E-state index contributed by atoms with van der Waals surface area (Å²) in [5.74, 6) is 2.85. The van der Waals surface area contributed by atoms with Crippen molar-refractivity contribution in [3.8, 4) is 56.4 Å². The first kappa shape index (κ1) is 55.4. The molecule has 8 rings (SSSR count). The van der Waals surface area contributed by atoms with Crippen molar-refractivity contribution in [2.24, 2.45) is 0 Å². The molecule has 2 atom stereocenters. The van der Waals surface area contributed by atoms with E-state index in [0.29, 0.717) is 90.8 Å². The molecule has 6 aromatic rings. The van der Waals surface area contributed by atoms with Crippen LogP contribution in [0.4, 0.5) is 0 Å². The van der Waals surface area contributed by atoms with Crippen LogP contribution >= 0.6 is 0 Å². The van der Waals surface area contributed by atoms with Crippen LogP contribution in [-0.2, 0) is 28.4 Å². The Morgan fingerprint density at radius 2 is 0.824 bits per heavy atom. The summed E-state index contributed by atoms with van der Waals surface area (Å²) >= 11 is 0. The Bertz CT molecular complexity index is 2470. The Balaban J connectivity index is 1.28. The molecule has 0 fully saturated rings. The van der Waals surface area contributed by atoms with Crippen molar-refractivity contribution in [1.82, 2.24) is 0 Å². The van der Waals surface area contributed by atoms with Gasteiger partial charge in [0.1, 0.15) is 36.2 Å². The fourth-order valence-electron chi connectivity index (χ4n) is 9.70. The molecule has 2 aliphatic heterocycles. The van der Waals surface area contributed by atoms with E-state index in [1.54, 1.807) is 0 Å². The van der Waals surface area contributed by atoms with Gasteiger partial charge in [0.2, 0.25) is 0 Å². The molecule has 0 spiro atoms. The highest BCUT2D eigenvalue weighted by Crippen LogP contribution is 2.53. The maximum absolute atomic E-state index is 10.6. The highest BCUT2D eigenvalue weighted by atomic mass is 28.4. The summed E-state index contributed by atoms with van der Waals surface area (Å²) in [5.41, 5.74) is 5.62. The van der Waals surface area contributed by atoms with Gasteiger partial charge in [-0.25, -0.2) is 0 Å². The zero-order valence-corrected chi connectivity index (χ0v) is 46.1. The Labute approximate surface area is 440 Å². The van der Waals surface area contributed by atoms with Crippen molar-refractivity contribution in [3.05, 3.63) is 109 Å². The van der Waals surface area contributed by atoms with Gasteiger partial charge in [-0.2, -0.15) is 0 Å². The van der Waals surface area contributed by atoms with Gasteiger partial charge in [-0.3, -0.25) is 0 Å². The maximum Gasteiger partial charge on any atom is 0.182 e. The highest BCUT2D eigenvalue weighted by Gasteiger charge is 2.29. The average Bonchev–Trinajstić information content (AvgIpc) is 3.39. The van der Waals surface area contributed by atoms with Crippen LogP contribution in [-0.4, -0.2) is 131 Å². The molecule has 0 radical (unpaired) electrons. The van der Waals surface area contributed by atoms with Gasteiger partial charge in [0, 0.05) is 35.5 Å². The molecule has 14 heteroatoms. The number of hydrogen-bond acceptors (Lipinski definition) is 12. The van der Waals surface area contributed by atoms with Crippen molar-refractivity contribution in [2.45, 2.75) is 89.0 Å². The van der Waals surface area contributed by atoms with Crippen molar-refractivity contribution in [2.75, 3.05) is 92.5 Å². The zero-order valence-electron chi connectivity index (χ0n) is 44.1. The number of benzene rings is 6. The molecule has 2 N–H and O–H groups in total. The normalized spacial score (nSPS) is 18.5. The lowest BCUT2D eigenvalue weighted by molar-refractivity contribution is -0.0823. The molecular weight excluding hydrogens is 969 g/mol. The second-order valence-corrected chi connectivity index (χ2v) is 28.8. The van der Waals surface area contributed by atoms with E-state index in [1.165, 1.54) is 0 Å². The lowest BCUT2D eigenvalue weighted by Crippen LogP contribution is -2.34. The Morgan fingerprint density at radius 1 is 0.446 bits per heavy atom. The zero-order chi connectivity index (χ0) is 51.6. The van der Waals surface area contributed by atoms with E-state index in [1.807, 2.05) is 38.3 Å². The van der Waals surface area contributed by atoms with Gasteiger partial charge in [0.25, 0.3) is 0 Å². The van der Waals surface area contributed by atoms with Crippen molar-refractivity contribution in [1.29, 1.82) is 0 Å². The second kappa shape index (κ2) is 27.8. The summed E-state index contributed by atoms with van der Waals surface area (Å²) in [7, 11) is -4.46. The van der Waals surface area contributed by atoms with Crippen molar-refractivity contribution < 1.29 is 57.0 Å². The molecule has 6 aromatic carbocycles. The van der Waals surface area contributed by atoms with Crippen LogP contribution in [0.2, 0.25) is 38.3 Å². The van der Waals surface area contributed by atoms with Crippen LogP contribution < -0.4 is 18.9 Å². The minimum absolute atomic E-state index is 0.188. The molecule has 2 aliphatic rings. The fourth-order valence-corrected chi connectivity index (χ4v) is 11.7. The van der Waals surface area contributed by atoms with Crippen LogP contribution in [0.1, 0.15) is 38.5 Å². The smallest absolute Gasteiger partial charge is 0.182 e. The first-order valence-electron chi connectivity index (χ1n) is 26.8. The SMILES string of the molecule is C[Si](C)(O)CCCO[C@@H]1CCCOc2ccc3cc(-c4ccccc4)c4c(c3c2)-c2c(c(-c3ccccc3)cc3ccc(cc23)OCCC[C@H]1OCCC[Si](C)(C)O)OCCOCCOCCOCCOCCO4. The predicted molar refractivity (Wildman–Crippen MR) is 299 cm³/mol. The summed E-state index contributed by atoms with van der Waals surface area (Å²) in [6.45, 7) is 13.8. The first-order chi connectivity index (χ1) is 36.0. The molecule has 0 amide bonds. The minimum atomic E-state index is -2.23. The van der Waals surface area contributed by atoms with Gasteiger partial charge in [-0.1, -0.05) is 72.8 Å². The summed E-state index contributed by atoms with van der Waals surface area (Å²) < 4.78 is 64.9. The number of rotatable bonds is 12. The van der Waals surface area contributed by atoms with Crippen LogP contribution in [0.5, 0.6) is 23.0 Å². The standard InChI is InChI=1S/C60H78O12Si2/c1-73(2,61)39-13-27-69-55-19-11-25-67-49-23-21-47-41-53(45-15-7-5-8-16-45)59-57(51(47)43-49)58-52-44-50(68-26-12-20-56(55)70-28-14-40-74(3,4)62)24-22-48(52)42-54(46-17-9-6-10-18-46)60(58)72-38-36-66-34-32-64-30-29-63-31-33-65-35-37-71-59/h5-10,15-18,21-24,41-44,55-56,61-62H,11-14,19-20,25-40H2,1-4H3/t55-,56-/m1/s1. The van der Waals surface area contributed by atoms with E-state index in [9.17, 15) is 9.59 Å². The molecule has 12 nitrogen and oxygen atoms in total. The van der Waals surface area contributed by atoms with Crippen molar-refractivity contribution >= 4 is 38.2 Å². The monoisotopic (exact) mass is 1050 g/mol. The molecule has 74 heavy (non-hydrogen) atoms. The second-order valence-electron chi connectivity index (χ2n) is 20.5. The quantitative estimate of drug-likeness (QED) is 0.0893.